The van der Waals surface area contributed by atoms with Crippen molar-refractivity contribution >= 4 is 0 Å². The Kier molecular flexibility index (Phi) is 1.34. The molecule has 0 aromatic heterocycles. The molecular formula is C6H10N2O. The summed E-state index contributed by atoms with van der Waals surface area (Å²) in [4.78, 5) is 0. The van der Waals surface area contributed by atoms with Crippen LogP contribution in [0.25, 0.3) is 0 Å². The molecule has 2 N–H and O–H groups in total. The van der Waals surface area contributed by atoms with Crippen molar-refractivity contribution < 1.29 is 5.11 Å². The molecule has 0 atom stereocenters. The Balaban J connectivity index is 2.75. The van der Waals surface area contributed by atoms with Crippen LogP contribution >= 0.6 is 0 Å². The van der Waals surface area contributed by atoms with E-state index in [9.17, 15) is 0 Å². The standard InChI is InChI=1S/C6H10N2O/c1-5-4-8(2)7-3-6(5)9/h3-4,7,9H,1-2H3. The number of allylic oxidation sites excluding steroid dienone is 1. The maximum absolute atomic E-state index is 9.00. The number of nitrogens with one attached hydrogen (secondary N) is 1. The highest BCUT2D eigenvalue weighted by Crippen LogP contribution is 2.07. The predicted octanol–water partition coefficient (Wildman–Crippen LogP) is 0.740. The molecule has 0 aromatic carbocycles. The summed E-state index contributed by atoms with van der Waals surface area (Å²) in [5.41, 5.74) is 3.68. The molecule has 0 spiro atoms. The Hall–Kier alpha value is -1.12. The number of hydrogen-bond donors (Lipinski definition) is 2. The third-order valence-electron chi connectivity index (χ3n) is 1.20. The van der Waals surface area contributed by atoms with Crippen LogP contribution in [0.5, 0.6) is 0 Å². The summed E-state index contributed by atoms with van der Waals surface area (Å²) in [5.74, 6) is 0.299. The van der Waals surface area contributed by atoms with Gasteiger partial charge in [-0.3, -0.25) is 5.01 Å². The van der Waals surface area contributed by atoms with E-state index in [1.165, 1.54) is 0 Å². The van der Waals surface area contributed by atoms with E-state index in [0.717, 1.165) is 5.57 Å². The molecule has 9 heavy (non-hydrogen) atoms. The van der Waals surface area contributed by atoms with E-state index in [-0.39, 0.29) is 0 Å². The number of rotatable bonds is 0. The molecule has 3 nitrogen and oxygen atoms in total. The van der Waals surface area contributed by atoms with Crippen LogP contribution in [0.4, 0.5) is 0 Å². The third-order valence-corrected chi connectivity index (χ3v) is 1.20. The minimum atomic E-state index is 0.299. The number of aliphatic hydroxyl groups excluding tert-OH is 1. The van der Waals surface area contributed by atoms with Crippen LogP contribution in [0.2, 0.25) is 0 Å². The molecule has 0 unspecified atom stereocenters. The molecule has 0 saturated carbocycles. The van der Waals surface area contributed by atoms with Crippen LogP contribution in [0.3, 0.4) is 0 Å². The lowest BCUT2D eigenvalue weighted by Gasteiger charge is -2.19. The summed E-state index contributed by atoms with van der Waals surface area (Å²) in [5, 5.41) is 10.8. The van der Waals surface area contributed by atoms with E-state index in [4.69, 9.17) is 5.11 Å². The van der Waals surface area contributed by atoms with Gasteiger partial charge in [0.2, 0.25) is 0 Å². The van der Waals surface area contributed by atoms with Gasteiger partial charge in [-0.05, 0) is 6.92 Å². The lowest BCUT2D eigenvalue weighted by atomic mass is 10.3. The number of nitrogens with zero attached hydrogens (tertiary/aromatic N) is 1. The Morgan fingerprint density at radius 2 is 2.33 bits per heavy atom. The normalized spacial score (nSPS) is 18.2. The zero-order valence-electron chi connectivity index (χ0n) is 5.55. The molecule has 3 heteroatoms. The Morgan fingerprint density at radius 3 is 2.78 bits per heavy atom. The number of hydrogen-bond acceptors (Lipinski definition) is 3. The van der Waals surface area contributed by atoms with E-state index in [1.54, 1.807) is 11.2 Å². The molecule has 0 aromatic rings. The molecule has 0 saturated heterocycles. The van der Waals surface area contributed by atoms with Gasteiger partial charge in [0.15, 0.2) is 0 Å². The molecule has 0 fully saturated rings. The van der Waals surface area contributed by atoms with Crippen molar-refractivity contribution in [1.29, 1.82) is 0 Å². The molecule has 1 rings (SSSR count). The van der Waals surface area contributed by atoms with Gasteiger partial charge in [-0.25, -0.2) is 0 Å². The van der Waals surface area contributed by atoms with E-state index in [2.05, 4.69) is 5.43 Å². The van der Waals surface area contributed by atoms with Gasteiger partial charge in [-0.15, -0.1) is 0 Å². The van der Waals surface area contributed by atoms with Crippen molar-refractivity contribution in [2.24, 2.45) is 0 Å². The van der Waals surface area contributed by atoms with Crippen molar-refractivity contribution in [3.05, 3.63) is 23.7 Å². The molecule has 50 valence electrons. The fraction of sp³-hybridized carbons (Fsp3) is 0.333. The Labute approximate surface area is 54.3 Å². The molecule has 1 heterocycles. The molecular weight excluding hydrogens is 116 g/mol. The molecule has 0 bridgehead atoms. The highest BCUT2D eigenvalue weighted by Gasteiger charge is 2.02. The van der Waals surface area contributed by atoms with Crippen LogP contribution in [0.1, 0.15) is 6.92 Å². The molecule has 0 amide bonds. The zero-order valence-corrected chi connectivity index (χ0v) is 5.55. The molecule has 1 aliphatic rings. The lowest BCUT2D eigenvalue weighted by molar-refractivity contribution is 0.336. The average Bonchev–Trinajstić information content (AvgIpc) is 1.80. The van der Waals surface area contributed by atoms with Crippen molar-refractivity contribution in [3.8, 4) is 0 Å². The second-order valence-electron chi connectivity index (χ2n) is 2.08. The van der Waals surface area contributed by atoms with Crippen LogP contribution in [0, 0.1) is 0 Å². The third kappa shape index (κ3) is 1.16. The Morgan fingerprint density at radius 1 is 1.67 bits per heavy atom. The van der Waals surface area contributed by atoms with Crippen LogP contribution < -0.4 is 5.43 Å². The van der Waals surface area contributed by atoms with Gasteiger partial charge in [-0.2, -0.15) is 0 Å². The van der Waals surface area contributed by atoms with Gasteiger partial charge in [0.25, 0.3) is 0 Å². The van der Waals surface area contributed by atoms with Crippen molar-refractivity contribution in [1.82, 2.24) is 10.4 Å². The van der Waals surface area contributed by atoms with E-state index in [1.807, 2.05) is 20.2 Å². The summed E-state index contributed by atoms with van der Waals surface area (Å²) < 4.78 is 0. The van der Waals surface area contributed by atoms with E-state index < -0.39 is 0 Å². The van der Waals surface area contributed by atoms with Gasteiger partial charge in [0, 0.05) is 18.8 Å². The van der Waals surface area contributed by atoms with Crippen molar-refractivity contribution in [2.45, 2.75) is 6.92 Å². The van der Waals surface area contributed by atoms with Crippen LogP contribution in [-0.4, -0.2) is 17.2 Å². The minimum absolute atomic E-state index is 0.299. The highest BCUT2D eigenvalue weighted by molar-refractivity contribution is 5.23. The second-order valence-corrected chi connectivity index (χ2v) is 2.08. The smallest absolute Gasteiger partial charge is 0.137 e. The lowest BCUT2D eigenvalue weighted by Crippen LogP contribution is -2.28. The van der Waals surface area contributed by atoms with Gasteiger partial charge in [-0.1, -0.05) is 0 Å². The summed E-state index contributed by atoms with van der Waals surface area (Å²) in [6.45, 7) is 1.85. The minimum Gasteiger partial charge on any atom is -0.506 e. The van der Waals surface area contributed by atoms with Crippen LogP contribution in [0.15, 0.2) is 23.7 Å². The molecule has 1 aliphatic heterocycles. The van der Waals surface area contributed by atoms with Crippen molar-refractivity contribution in [2.75, 3.05) is 7.05 Å². The summed E-state index contributed by atoms with van der Waals surface area (Å²) in [7, 11) is 1.87. The van der Waals surface area contributed by atoms with Gasteiger partial charge >= 0.3 is 0 Å². The Bertz CT molecular complexity index is 172. The van der Waals surface area contributed by atoms with Gasteiger partial charge < -0.3 is 10.5 Å². The van der Waals surface area contributed by atoms with E-state index >= 15 is 0 Å². The predicted molar refractivity (Wildman–Crippen MR) is 35.4 cm³/mol. The highest BCUT2D eigenvalue weighted by atomic mass is 16.3. The van der Waals surface area contributed by atoms with E-state index in [0.29, 0.717) is 5.76 Å². The zero-order chi connectivity index (χ0) is 6.85. The summed E-state index contributed by atoms with van der Waals surface area (Å²) in [6.07, 6.45) is 3.37. The summed E-state index contributed by atoms with van der Waals surface area (Å²) >= 11 is 0. The number of hydrazine groups is 1. The maximum atomic E-state index is 9.00. The first-order chi connectivity index (χ1) is 4.20. The first-order valence-electron chi connectivity index (χ1n) is 2.77. The largest absolute Gasteiger partial charge is 0.506 e. The first kappa shape index (κ1) is 6.01. The average molecular weight is 126 g/mol. The fourth-order valence-corrected chi connectivity index (χ4v) is 0.671. The van der Waals surface area contributed by atoms with Crippen LogP contribution in [-0.2, 0) is 0 Å². The maximum Gasteiger partial charge on any atom is 0.137 e. The summed E-state index contributed by atoms with van der Waals surface area (Å²) in [6, 6.07) is 0. The first-order valence-corrected chi connectivity index (χ1v) is 2.77. The quantitative estimate of drug-likeness (QED) is 0.502. The SMILES string of the molecule is CC1=CN(C)NC=C1O. The fourth-order valence-electron chi connectivity index (χ4n) is 0.671. The monoisotopic (exact) mass is 126 g/mol. The van der Waals surface area contributed by atoms with Crippen molar-refractivity contribution in [3.63, 3.8) is 0 Å². The van der Waals surface area contributed by atoms with Gasteiger partial charge in [0.1, 0.15) is 5.76 Å². The molecule has 0 aliphatic carbocycles. The second kappa shape index (κ2) is 2.01. The number of aliphatic hydroxyl groups is 1. The molecule has 0 radical (unpaired) electrons. The topological polar surface area (TPSA) is 35.5 Å². The van der Waals surface area contributed by atoms with Gasteiger partial charge in [0.05, 0.1) is 6.20 Å².